The summed E-state index contributed by atoms with van der Waals surface area (Å²) in [6.07, 6.45) is 0. The molecule has 0 aromatic heterocycles. The summed E-state index contributed by atoms with van der Waals surface area (Å²) in [5, 5.41) is 5.18. The van der Waals surface area contributed by atoms with Crippen molar-refractivity contribution in [2.45, 2.75) is 31.7 Å². The second kappa shape index (κ2) is 8.68. The highest BCUT2D eigenvalue weighted by molar-refractivity contribution is 7.92. The van der Waals surface area contributed by atoms with Crippen LogP contribution in [0.4, 0.5) is 5.69 Å². The van der Waals surface area contributed by atoms with Crippen molar-refractivity contribution in [1.82, 2.24) is 10.6 Å². The molecule has 0 bridgehead atoms. The highest BCUT2D eigenvalue weighted by Gasteiger charge is 2.18. The van der Waals surface area contributed by atoms with Gasteiger partial charge in [0.2, 0.25) is 5.91 Å². The SMILES string of the molecule is CCNC(=O)[C@H](C)NC(=O)c1ccc(S(=O)(=O)Nc2ccc(C)cc2)cc1. The van der Waals surface area contributed by atoms with E-state index >= 15 is 0 Å². The van der Waals surface area contributed by atoms with Crippen LogP contribution in [-0.2, 0) is 14.8 Å². The largest absolute Gasteiger partial charge is 0.355 e. The van der Waals surface area contributed by atoms with Gasteiger partial charge in [-0.25, -0.2) is 8.42 Å². The van der Waals surface area contributed by atoms with Crippen LogP contribution in [0.1, 0.15) is 29.8 Å². The van der Waals surface area contributed by atoms with Crippen molar-refractivity contribution in [3.05, 3.63) is 59.7 Å². The first-order chi connectivity index (χ1) is 12.7. The van der Waals surface area contributed by atoms with E-state index in [-0.39, 0.29) is 16.4 Å². The van der Waals surface area contributed by atoms with Crippen LogP contribution in [0.15, 0.2) is 53.4 Å². The smallest absolute Gasteiger partial charge is 0.261 e. The maximum absolute atomic E-state index is 12.4. The number of likely N-dealkylation sites (N-methyl/N-ethyl adjacent to an activating group) is 1. The summed E-state index contributed by atoms with van der Waals surface area (Å²) in [6, 6.07) is 11.8. The monoisotopic (exact) mass is 389 g/mol. The van der Waals surface area contributed by atoms with Gasteiger partial charge in [0.25, 0.3) is 15.9 Å². The van der Waals surface area contributed by atoms with Gasteiger partial charge in [-0.3, -0.25) is 14.3 Å². The van der Waals surface area contributed by atoms with Crippen LogP contribution in [0, 0.1) is 6.92 Å². The van der Waals surface area contributed by atoms with E-state index in [0.29, 0.717) is 12.2 Å². The second-order valence-electron chi connectivity index (χ2n) is 6.09. The van der Waals surface area contributed by atoms with E-state index in [1.54, 1.807) is 38.1 Å². The van der Waals surface area contributed by atoms with Gasteiger partial charge in [0.05, 0.1) is 4.90 Å². The third kappa shape index (κ3) is 5.55. The minimum Gasteiger partial charge on any atom is -0.355 e. The van der Waals surface area contributed by atoms with E-state index in [2.05, 4.69) is 15.4 Å². The lowest BCUT2D eigenvalue weighted by Gasteiger charge is -2.13. The third-order valence-corrected chi connectivity index (χ3v) is 5.22. The molecule has 0 radical (unpaired) electrons. The molecule has 8 heteroatoms. The molecule has 0 aliphatic rings. The summed E-state index contributed by atoms with van der Waals surface area (Å²) in [6.45, 7) is 5.75. The van der Waals surface area contributed by atoms with E-state index in [1.807, 2.05) is 6.92 Å². The maximum Gasteiger partial charge on any atom is 0.261 e. The van der Waals surface area contributed by atoms with Crippen LogP contribution in [0.5, 0.6) is 0 Å². The van der Waals surface area contributed by atoms with Gasteiger partial charge >= 0.3 is 0 Å². The zero-order valence-corrected chi connectivity index (χ0v) is 16.3. The Hall–Kier alpha value is -2.87. The van der Waals surface area contributed by atoms with Crippen molar-refractivity contribution >= 4 is 27.5 Å². The normalized spacial score (nSPS) is 12.1. The molecule has 144 valence electrons. The molecular weight excluding hydrogens is 366 g/mol. The highest BCUT2D eigenvalue weighted by Crippen LogP contribution is 2.17. The fraction of sp³-hybridized carbons (Fsp3) is 0.263. The van der Waals surface area contributed by atoms with Crippen LogP contribution in [0.2, 0.25) is 0 Å². The number of benzene rings is 2. The van der Waals surface area contributed by atoms with Crippen LogP contribution in [0.3, 0.4) is 0 Å². The number of nitrogens with one attached hydrogen (secondary N) is 3. The van der Waals surface area contributed by atoms with E-state index in [0.717, 1.165) is 5.56 Å². The van der Waals surface area contributed by atoms with Crippen molar-refractivity contribution in [1.29, 1.82) is 0 Å². The number of hydrogen-bond acceptors (Lipinski definition) is 4. The molecule has 27 heavy (non-hydrogen) atoms. The van der Waals surface area contributed by atoms with Gasteiger partial charge in [-0.2, -0.15) is 0 Å². The molecule has 0 aliphatic heterocycles. The first kappa shape index (κ1) is 20.4. The number of rotatable bonds is 7. The molecule has 0 unspecified atom stereocenters. The quantitative estimate of drug-likeness (QED) is 0.674. The summed E-state index contributed by atoms with van der Waals surface area (Å²) in [4.78, 5) is 23.9. The predicted octanol–water partition coefficient (Wildman–Crippen LogP) is 2.05. The van der Waals surface area contributed by atoms with Crippen molar-refractivity contribution in [3.8, 4) is 0 Å². The minimum atomic E-state index is -3.76. The van der Waals surface area contributed by atoms with Gasteiger partial charge in [0.15, 0.2) is 0 Å². The van der Waals surface area contributed by atoms with Crippen LogP contribution < -0.4 is 15.4 Å². The Morgan fingerprint density at radius 3 is 2.15 bits per heavy atom. The number of amides is 2. The van der Waals surface area contributed by atoms with Crippen LogP contribution in [-0.4, -0.2) is 32.8 Å². The first-order valence-corrected chi connectivity index (χ1v) is 9.99. The van der Waals surface area contributed by atoms with Gasteiger partial charge < -0.3 is 10.6 Å². The van der Waals surface area contributed by atoms with Gasteiger partial charge in [-0.15, -0.1) is 0 Å². The molecule has 2 aromatic rings. The average Bonchev–Trinajstić information content (AvgIpc) is 2.63. The average molecular weight is 389 g/mol. The standard InChI is InChI=1S/C19H23N3O4S/c1-4-20-18(23)14(3)21-19(24)15-7-11-17(12-8-15)27(25,26)22-16-9-5-13(2)6-10-16/h5-12,14,22H,4H2,1-3H3,(H,20,23)(H,21,24)/t14-/m0/s1. The molecule has 0 saturated carbocycles. The van der Waals surface area contributed by atoms with Crippen molar-refractivity contribution in [2.24, 2.45) is 0 Å². The Morgan fingerprint density at radius 2 is 1.59 bits per heavy atom. The summed E-state index contributed by atoms with van der Waals surface area (Å²) >= 11 is 0. The fourth-order valence-electron chi connectivity index (χ4n) is 2.29. The second-order valence-corrected chi connectivity index (χ2v) is 7.77. The summed E-state index contributed by atoms with van der Waals surface area (Å²) < 4.78 is 27.4. The number of carbonyl (C=O) groups is 2. The van der Waals surface area contributed by atoms with Gasteiger partial charge in [-0.05, 0) is 57.2 Å². The summed E-state index contributed by atoms with van der Waals surface area (Å²) in [5.74, 6) is -0.739. The third-order valence-electron chi connectivity index (χ3n) is 3.82. The topological polar surface area (TPSA) is 104 Å². The summed E-state index contributed by atoms with van der Waals surface area (Å²) in [7, 11) is -3.76. The van der Waals surface area contributed by atoms with Crippen LogP contribution >= 0.6 is 0 Å². The minimum absolute atomic E-state index is 0.0383. The Labute approximate surface area is 159 Å². The lowest BCUT2D eigenvalue weighted by molar-refractivity contribution is -0.122. The number of carbonyl (C=O) groups excluding carboxylic acids is 2. The predicted molar refractivity (Wildman–Crippen MR) is 104 cm³/mol. The molecule has 2 amide bonds. The van der Waals surface area contributed by atoms with Crippen molar-refractivity contribution in [2.75, 3.05) is 11.3 Å². The number of aryl methyl sites for hydroxylation is 1. The molecule has 0 aliphatic carbocycles. The maximum atomic E-state index is 12.4. The zero-order valence-electron chi connectivity index (χ0n) is 15.4. The van der Waals surface area contributed by atoms with Gasteiger partial charge in [-0.1, -0.05) is 17.7 Å². The molecule has 2 rings (SSSR count). The molecule has 3 N–H and O–H groups in total. The number of sulfonamides is 1. The molecular formula is C19H23N3O4S. The van der Waals surface area contributed by atoms with E-state index in [4.69, 9.17) is 0 Å². The molecule has 0 spiro atoms. The number of hydrogen-bond donors (Lipinski definition) is 3. The van der Waals surface area contributed by atoms with Crippen molar-refractivity contribution in [3.63, 3.8) is 0 Å². The zero-order chi connectivity index (χ0) is 20.0. The van der Waals surface area contributed by atoms with E-state index in [1.165, 1.54) is 24.3 Å². The van der Waals surface area contributed by atoms with Gasteiger partial charge in [0.1, 0.15) is 6.04 Å². The molecule has 1 atom stereocenters. The molecule has 0 fully saturated rings. The molecule has 0 heterocycles. The molecule has 7 nitrogen and oxygen atoms in total. The van der Waals surface area contributed by atoms with Crippen LogP contribution in [0.25, 0.3) is 0 Å². The van der Waals surface area contributed by atoms with E-state index in [9.17, 15) is 18.0 Å². The molecule has 2 aromatic carbocycles. The molecule has 0 saturated heterocycles. The fourth-order valence-corrected chi connectivity index (χ4v) is 3.35. The lowest BCUT2D eigenvalue weighted by atomic mass is 10.2. The Morgan fingerprint density at radius 1 is 1.00 bits per heavy atom. The first-order valence-electron chi connectivity index (χ1n) is 8.51. The lowest BCUT2D eigenvalue weighted by Crippen LogP contribution is -2.44. The Bertz CT molecular complexity index is 907. The Kier molecular flexibility index (Phi) is 6.57. The number of anilines is 1. The summed E-state index contributed by atoms with van der Waals surface area (Å²) in [5.41, 5.74) is 1.74. The van der Waals surface area contributed by atoms with Gasteiger partial charge in [0, 0.05) is 17.8 Å². The van der Waals surface area contributed by atoms with E-state index < -0.39 is 22.0 Å². The van der Waals surface area contributed by atoms with Crippen molar-refractivity contribution < 1.29 is 18.0 Å². The Balaban J connectivity index is 2.08. The highest BCUT2D eigenvalue weighted by atomic mass is 32.2.